The zero-order valence-corrected chi connectivity index (χ0v) is 25.1. The van der Waals surface area contributed by atoms with Crippen LogP contribution in [-0.2, 0) is 42.9 Å². The molecule has 0 radical (unpaired) electrons. The molecule has 2 heterocycles. The van der Waals surface area contributed by atoms with Crippen molar-refractivity contribution in [2.75, 3.05) is 19.8 Å². The molecule has 0 unspecified atom stereocenters. The number of carbonyl (C=O) groups excluding carboxylic acids is 6. The van der Waals surface area contributed by atoms with Crippen molar-refractivity contribution in [2.24, 2.45) is 0 Å². The third-order valence-electron chi connectivity index (χ3n) is 6.70. The molecule has 14 heteroatoms. The van der Waals surface area contributed by atoms with Crippen LogP contribution in [0.2, 0.25) is 0 Å². The molecule has 0 saturated carbocycles. The first-order valence-corrected chi connectivity index (χ1v) is 14.1. The Labute approximate surface area is 258 Å². The molecule has 2 aliphatic rings. The summed E-state index contributed by atoms with van der Waals surface area (Å²) in [5.41, 5.74) is 0.770. The Morgan fingerprint density at radius 3 is 1.80 bits per heavy atom. The van der Waals surface area contributed by atoms with Crippen molar-refractivity contribution in [3.8, 4) is 11.5 Å². The fraction of sp³-hybridized carbons (Fsp3) is 0.419. The number of benzene rings is 2. The largest absolute Gasteiger partial charge is 0.494 e. The van der Waals surface area contributed by atoms with E-state index in [1.165, 1.54) is 11.8 Å². The number of rotatable bonds is 12. The summed E-state index contributed by atoms with van der Waals surface area (Å²) in [7, 11) is 0. The molecule has 0 aliphatic carbocycles. The molecule has 14 nitrogen and oxygen atoms in total. The Hall–Kier alpha value is -4.98. The highest BCUT2D eigenvalue weighted by Gasteiger charge is 2.53. The smallest absolute Gasteiger partial charge is 0.303 e. The van der Waals surface area contributed by atoms with E-state index in [0.717, 1.165) is 20.8 Å². The van der Waals surface area contributed by atoms with Crippen molar-refractivity contribution in [2.45, 2.75) is 64.8 Å². The minimum absolute atomic E-state index is 0.191. The fourth-order valence-corrected chi connectivity index (χ4v) is 4.89. The summed E-state index contributed by atoms with van der Waals surface area (Å²) in [6.45, 7) is 4.59. The summed E-state index contributed by atoms with van der Waals surface area (Å²) in [6, 6.07) is 13.0. The average Bonchev–Trinajstić information content (AvgIpc) is 3.22. The van der Waals surface area contributed by atoms with Gasteiger partial charge in [-0.2, -0.15) is 0 Å². The summed E-state index contributed by atoms with van der Waals surface area (Å²) in [6.07, 6.45) is -6.16. The molecular formula is C31H33NO13. The number of ether oxygens (including phenoxy) is 7. The molecule has 2 amide bonds. The zero-order chi connectivity index (χ0) is 32.7. The van der Waals surface area contributed by atoms with Crippen LogP contribution in [0.4, 0.5) is 0 Å². The SMILES string of the molecule is CC(=O)OC[C@H]1O[C@@H](Oc2ccc(OCCCN3C(=O)c4ccccc4C3=O)cc2)[C@H](OC(C)=O)[C@@H](OC(C)=O)[C@H]1OC(C)=O. The second kappa shape index (κ2) is 14.7. The van der Waals surface area contributed by atoms with Gasteiger partial charge in [-0.3, -0.25) is 33.7 Å². The van der Waals surface area contributed by atoms with E-state index in [-0.39, 0.29) is 37.3 Å². The van der Waals surface area contributed by atoms with Gasteiger partial charge in [-0.05, 0) is 42.8 Å². The molecule has 1 saturated heterocycles. The number of amides is 2. The Kier molecular flexibility index (Phi) is 10.7. The lowest BCUT2D eigenvalue weighted by Crippen LogP contribution is -2.63. The number of carbonyl (C=O) groups is 6. The summed E-state index contributed by atoms with van der Waals surface area (Å²) in [4.78, 5) is 73.6. The van der Waals surface area contributed by atoms with Crippen molar-refractivity contribution in [1.29, 1.82) is 0 Å². The molecule has 5 atom stereocenters. The lowest BCUT2D eigenvalue weighted by molar-refractivity contribution is -0.288. The third kappa shape index (κ3) is 8.35. The molecular weight excluding hydrogens is 594 g/mol. The van der Waals surface area contributed by atoms with E-state index >= 15 is 0 Å². The van der Waals surface area contributed by atoms with Crippen molar-refractivity contribution < 1.29 is 61.9 Å². The van der Waals surface area contributed by atoms with Gasteiger partial charge in [0.05, 0.1) is 17.7 Å². The van der Waals surface area contributed by atoms with Crippen molar-refractivity contribution in [3.05, 3.63) is 59.7 Å². The van der Waals surface area contributed by atoms with Crippen LogP contribution in [0.1, 0.15) is 54.8 Å². The second-order valence-electron chi connectivity index (χ2n) is 10.2. The van der Waals surface area contributed by atoms with Crippen LogP contribution in [0.3, 0.4) is 0 Å². The van der Waals surface area contributed by atoms with Crippen molar-refractivity contribution in [3.63, 3.8) is 0 Å². The number of hydrogen-bond acceptors (Lipinski definition) is 13. The maximum Gasteiger partial charge on any atom is 0.303 e. The second-order valence-corrected chi connectivity index (χ2v) is 10.2. The van der Waals surface area contributed by atoms with E-state index in [1.54, 1.807) is 48.5 Å². The topological polar surface area (TPSA) is 170 Å². The molecule has 0 aromatic heterocycles. The van der Waals surface area contributed by atoms with Crippen molar-refractivity contribution >= 4 is 35.7 Å². The van der Waals surface area contributed by atoms with E-state index in [2.05, 4.69) is 0 Å². The van der Waals surface area contributed by atoms with E-state index in [0.29, 0.717) is 23.3 Å². The monoisotopic (exact) mass is 627 g/mol. The van der Waals surface area contributed by atoms with Crippen LogP contribution >= 0.6 is 0 Å². The Bertz CT molecular complexity index is 1400. The zero-order valence-electron chi connectivity index (χ0n) is 25.1. The number of hydrogen-bond donors (Lipinski definition) is 0. The third-order valence-corrected chi connectivity index (χ3v) is 6.70. The van der Waals surface area contributed by atoms with E-state index < -0.39 is 54.6 Å². The van der Waals surface area contributed by atoms with E-state index in [9.17, 15) is 28.8 Å². The van der Waals surface area contributed by atoms with Crippen LogP contribution < -0.4 is 9.47 Å². The van der Waals surface area contributed by atoms with Crippen LogP contribution in [0.5, 0.6) is 11.5 Å². The molecule has 240 valence electrons. The quantitative estimate of drug-likeness (QED) is 0.145. The predicted molar refractivity (Wildman–Crippen MR) is 151 cm³/mol. The van der Waals surface area contributed by atoms with Crippen LogP contribution in [0.15, 0.2) is 48.5 Å². The predicted octanol–water partition coefficient (Wildman–Crippen LogP) is 2.21. The van der Waals surface area contributed by atoms with Gasteiger partial charge in [0.1, 0.15) is 24.2 Å². The summed E-state index contributed by atoms with van der Waals surface area (Å²) in [5.74, 6) is -2.85. The van der Waals surface area contributed by atoms with Gasteiger partial charge in [0.15, 0.2) is 12.2 Å². The number of nitrogens with zero attached hydrogens (tertiary/aromatic N) is 1. The molecule has 1 fully saturated rings. The highest BCUT2D eigenvalue weighted by Crippen LogP contribution is 2.31. The highest BCUT2D eigenvalue weighted by atomic mass is 16.7. The van der Waals surface area contributed by atoms with Gasteiger partial charge < -0.3 is 33.2 Å². The highest BCUT2D eigenvalue weighted by molar-refractivity contribution is 6.21. The van der Waals surface area contributed by atoms with Gasteiger partial charge in [-0.15, -0.1) is 0 Å². The summed E-state index contributed by atoms with van der Waals surface area (Å²) < 4.78 is 38.9. The van der Waals surface area contributed by atoms with Crippen LogP contribution in [0.25, 0.3) is 0 Å². The minimum Gasteiger partial charge on any atom is -0.494 e. The lowest BCUT2D eigenvalue weighted by atomic mass is 9.98. The molecule has 2 aromatic rings. The van der Waals surface area contributed by atoms with E-state index in [4.69, 9.17) is 33.2 Å². The summed E-state index contributed by atoms with van der Waals surface area (Å²) in [5, 5.41) is 0. The molecule has 0 bridgehead atoms. The van der Waals surface area contributed by atoms with Gasteiger partial charge in [0.25, 0.3) is 11.8 Å². The van der Waals surface area contributed by atoms with Gasteiger partial charge in [0, 0.05) is 34.2 Å². The lowest BCUT2D eigenvalue weighted by Gasteiger charge is -2.43. The first-order chi connectivity index (χ1) is 21.4. The number of esters is 4. The molecule has 0 N–H and O–H groups in total. The maximum atomic E-state index is 12.5. The Morgan fingerprint density at radius 2 is 1.24 bits per heavy atom. The summed E-state index contributed by atoms with van der Waals surface area (Å²) >= 11 is 0. The molecule has 4 rings (SSSR count). The first kappa shape index (κ1) is 32.9. The van der Waals surface area contributed by atoms with Gasteiger partial charge in [-0.1, -0.05) is 12.1 Å². The molecule has 45 heavy (non-hydrogen) atoms. The number of imide groups is 1. The van der Waals surface area contributed by atoms with Crippen LogP contribution in [0, 0.1) is 0 Å². The van der Waals surface area contributed by atoms with E-state index in [1.807, 2.05) is 0 Å². The minimum atomic E-state index is -1.38. The fourth-order valence-electron chi connectivity index (χ4n) is 4.89. The molecule has 2 aliphatic heterocycles. The first-order valence-electron chi connectivity index (χ1n) is 14.1. The Morgan fingerprint density at radius 1 is 0.711 bits per heavy atom. The van der Waals surface area contributed by atoms with Gasteiger partial charge in [0.2, 0.25) is 12.4 Å². The van der Waals surface area contributed by atoms with Gasteiger partial charge >= 0.3 is 23.9 Å². The Balaban J connectivity index is 1.41. The normalized spacial score (nSPS) is 22.2. The average molecular weight is 628 g/mol. The maximum absolute atomic E-state index is 12.5. The molecule has 0 spiro atoms. The number of fused-ring (bicyclic) bond motifs is 1. The molecule has 2 aromatic carbocycles. The standard InChI is InChI=1S/C31H33NO13/c1-17(33)40-16-25-26(41-18(2)34)27(42-19(3)35)28(43-20(4)36)31(45-25)44-22-12-10-21(11-13-22)39-15-7-14-32-29(37)23-8-5-6-9-24(23)30(32)38/h5-6,8-13,25-28,31H,7,14-16H2,1-4H3/t25-,26+,27+,28-,31-/m1/s1. The van der Waals surface area contributed by atoms with Crippen LogP contribution in [-0.4, -0.2) is 91.1 Å². The van der Waals surface area contributed by atoms with Crippen molar-refractivity contribution in [1.82, 2.24) is 4.90 Å². The van der Waals surface area contributed by atoms with Gasteiger partial charge in [-0.25, -0.2) is 0 Å².